The van der Waals surface area contributed by atoms with E-state index in [0.29, 0.717) is 0 Å². The van der Waals surface area contributed by atoms with Crippen LogP contribution in [0, 0.1) is 0 Å². The number of quaternary nitrogens is 1. The van der Waals surface area contributed by atoms with E-state index in [2.05, 4.69) is 11.9 Å². The van der Waals surface area contributed by atoms with E-state index in [0.717, 1.165) is 0 Å². The van der Waals surface area contributed by atoms with E-state index in [1.807, 2.05) is 0 Å². The summed E-state index contributed by atoms with van der Waals surface area (Å²) in [6, 6.07) is 0. The van der Waals surface area contributed by atoms with Gasteiger partial charge >= 0.3 is 5.51 Å². The maximum atomic E-state index is 10.7. The van der Waals surface area contributed by atoms with Gasteiger partial charge in [-0.15, -0.1) is 0 Å². The SMILES string of the molecule is C[N+]12CCN(CC1)CC2.O=S(=O)([O-])C(F)(F)F. The molecule has 17 heavy (non-hydrogen) atoms. The highest BCUT2D eigenvalue weighted by atomic mass is 32.2. The first-order valence-corrected chi connectivity index (χ1v) is 6.52. The Morgan fingerprint density at radius 2 is 1.41 bits per heavy atom. The number of fused-ring (bicyclic) bond motifs is 3. The second-order valence-electron chi connectivity index (χ2n) is 4.53. The van der Waals surface area contributed by atoms with Gasteiger partial charge in [0.2, 0.25) is 0 Å². The lowest BCUT2D eigenvalue weighted by atomic mass is 10.2. The maximum absolute atomic E-state index is 10.7. The van der Waals surface area contributed by atoms with Crippen LogP contribution in [-0.4, -0.2) is 74.2 Å². The molecule has 0 radical (unpaired) electrons. The molecule has 3 heterocycles. The van der Waals surface area contributed by atoms with Crippen LogP contribution in [0.5, 0.6) is 0 Å². The highest BCUT2D eigenvalue weighted by Crippen LogP contribution is 2.20. The Hall–Kier alpha value is -0.380. The average molecular weight is 276 g/mol. The lowest BCUT2D eigenvalue weighted by molar-refractivity contribution is -0.922. The summed E-state index contributed by atoms with van der Waals surface area (Å²) in [7, 11) is -3.70. The molecule has 0 N–H and O–H groups in total. The van der Waals surface area contributed by atoms with Crippen molar-refractivity contribution in [2.24, 2.45) is 0 Å². The zero-order valence-electron chi connectivity index (χ0n) is 9.40. The third kappa shape index (κ3) is 4.09. The molecule has 0 aromatic carbocycles. The van der Waals surface area contributed by atoms with E-state index in [1.165, 1.54) is 43.8 Å². The molecule has 0 unspecified atom stereocenters. The second-order valence-corrected chi connectivity index (χ2v) is 5.90. The molecule has 3 fully saturated rings. The number of hydrogen-bond donors (Lipinski definition) is 0. The van der Waals surface area contributed by atoms with Gasteiger partial charge in [-0.2, -0.15) is 13.2 Å². The molecule has 0 aromatic heterocycles. The summed E-state index contributed by atoms with van der Waals surface area (Å²) in [6.45, 7) is 8.20. The molecule has 9 heteroatoms. The number of hydrogen-bond acceptors (Lipinski definition) is 4. The summed E-state index contributed by atoms with van der Waals surface area (Å²) in [5, 5.41) is 0. The first-order valence-electron chi connectivity index (χ1n) is 5.12. The number of halogens is 3. The summed E-state index contributed by atoms with van der Waals surface area (Å²) in [6.07, 6.45) is 0. The summed E-state index contributed by atoms with van der Waals surface area (Å²) in [4.78, 5) is 2.57. The van der Waals surface area contributed by atoms with Crippen molar-refractivity contribution in [3.05, 3.63) is 0 Å². The maximum Gasteiger partial charge on any atom is 0.485 e. The number of rotatable bonds is 0. The zero-order chi connectivity index (χ0) is 13.3. The van der Waals surface area contributed by atoms with Gasteiger partial charge in [0.05, 0.1) is 26.7 Å². The Morgan fingerprint density at radius 3 is 1.53 bits per heavy atom. The molecule has 102 valence electrons. The van der Waals surface area contributed by atoms with Crippen LogP contribution < -0.4 is 0 Å². The van der Waals surface area contributed by atoms with Crippen LogP contribution in [0.2, 0.25) is 0 Å². The van der Waals surface area contributed by atoms with Gasteiger partial charge in [-0.25, -0.2) is 8.42 Å². The molecule has 5 nitrogen and oxygen atoms in total. The van der Waals surface area contributed by atoms with Gasteiger partial charge in [0, 0.05) is 19.6 Å². The first kappa shape index (κ1) is 14.7. The Labute approximate surface area is 98.1 Å². The van der Waals surface area contributed by atoms with Crippen LogP contribution in [0.1, 0.15) is 0 Å². The largest absolute Gasteiger partial charge is 0.741 e. The molecule has 0 amide bonds. The van der Waals surface area contributed by atoms with E-state index in [4.69, 9.17) is 13.0 Å². The van der Waals surface area contributed by atoms with Crippen molar-refractivity contribution in [2.45, 2.75) is 5.51 Å². The molecule has 3 aliphatic heterocycles. The topological polar surface area (TPSA) is 60.4 Å². The summed E-state index contributed by atoms with van der Waals surface area (Å²) in [5.41, 5.74) is -5.65. The summed E-state index contributed by atoms with van der Waals surface area (Å²) >= 11 is 0. The molecule has 3 saturated heterocycles. The fraction of sp³-hybridized carbons (Fsp3) is 1.00. The highest BCUT2D eigenvalue weighted by molar-refractivity contribution is 7.86. The van der Waals surface area contributed by atoms with E-state index in [1.54, 1.807) is 0 Å². The van der Waals surface area contributed by atoms with Gasteiger partial charge < -0.3 is 9.04 Å². The van der Waals surface area contributed by atoms with E-state index in [9.17, 15) is 13.2 Å². The second kappa shape index (κ2) is 4.71. The lowest BCUT2D eigenvalue weighted by Gasteiger charge is -2.48. The van der Waals surface area contributed by atoms with Crippen molar-refractivity contribution in [3.8, 4) is 0 Å². The van der Waals surface area contributed by atoms with Crippen molar-refractivity contribution in [3.63, 3.8) is 0 Å². The van der Waals surface area contributed by atoms with E-state index < -0.39 is 15.6 Å². The first-order chi connectivity index (χ1) is 7.54. The fourth-order valence-corrected chi connectivity index (χ4v) is 1.82. The molecule has 0 saturated carbocycles. The lowest BCUT2D eigenvalue weighted by Crippen LogP contribution is -2.65. The third-order valence-corrected chi connectivity index (χ3v) is 3.72. The minimum Gasteiger partial charge on any atom is -0.741 e. The molecule has 0 spiro atoms. The molecular weight excluding hydrogens is 261 g/mol. The number of nitrogens with zero attached hydrogens (tertiary/aromatic N) is 2. The predicted octanol–water partition coefficient (Wildman–Crippen LogP) is -0.186. The Morgan fingerprint density at radius 1 is 1.12 bits per heavy atom. The molecule has 0 aromatic rings. The third-order valence-electron chi connectivity index (χ3n) is 3.15. The van der Waals surface area contributed by atoms with E-state index in [-0.39, 0.29) is 0 Å². The Balaban J connectivity index is 0.000000172. The minimum absolute atomic E-state index is 1.34. The molecular formula is C8H15F3N2O3S. The van der Waals surface area contributed by atoms with Crippen LogP contribution in [-0.2, 0) is 10.1 Å². The van der Waals surface area contributed by atoms with Crippen molar-refractivity contribution >= 4 is 10.1 Å². The molecule has 3 rings (SSSR count). The van der Waals surface area contributed by atoms with Gasteiger partial charge in [-0.05, 0) is 0 Å². The molecule has 0 aliphatic carbocycles. The molecule has 2 bridgehead atoms. The minimum atomic E-state index is -6.09. The van der Waals surface area contributed by atoms with Crippen LogP contribution in [0.4, 0.5) is 13.2 Å². The van der Waals surface area contributed by atoms with E-state index >= 15 is 0 Å². The number of likely N-dealkylation sites (N-methyl/N-ethyl adjacent to an activating group) is 1. The van der Waals surface area contributed by atoms with Crippen molar-refractivity contribution in [2.75, 3.05) is 46.3 Å². The predicted molar refractivity (Wildman–Crippen MR) is 53.0 cm³/mol. The summed E-state index contributed by atoms with van der Waals surface area (Å²) in [5.74, 6) is 0. The van der Waals surface area contributed by atoms with Crippen molar-refractivity contribution < 1.29 is 30.6 Å². The van der Waals surface area contributed by atoms with Gasteiger partial charge in [0.1, 0.15) is 0 Å². The van der Waals surface area contributed by atoms with Gasteiger partial charge in [-0.1, -0.05) is 0 Å². The van der Waals surface area contributed by atoms with Crippen LogP contribution in [0.3, 0.4) is 0 Å². The quantitative estimate of drug-likeness (QED) is 0.350. The van der Waals surface area contributed by atoms with Crippen LogP contribution in [0.25, 0.3) is 0 Å². The monoisotopic (exact) mass is 276 g/mol. The van der Waals surface area contributed by atoms with Crippen LogP contribution in [0.15, 0.2) is 0 Å². The number of alkyl halides is 3. The standard InChI is InChI=1S/C7H15N2.CHF3O3S/c1-9-5-2-8(3-6-9)4-7-9;2-1(3,4)8(5,6)7/h2-7H2,1H3;(H,5,6,7)/q+1;/p-1. The molecule has 0 atom stereocenters. The van der Waals surface area contributed by atoms with Crippen molar-refractivity contribution in [1.29, 1.82) is 0 Å². The van der Waals surface area contributed by atoms with Crippen molar-refractivity contribution in [1.82, 2.24) is 4.90 Å². The normalized spacial score (nSPS) is 32.9. The smallest absolute Gasteiger partial charge is 0.485 e. The molecule has 3 aliphatic rings. The van der Waals surface area contributed by atoms with Gasteiger partial charge in [0.25, 0.3) is 0 Å². The highest BCUT2D eigenvalue weighted by Gasteiger charge is 2.37. The zero-order valence-corrected chi connectivity index (χ0v) is 10.2. The Bertz CT molecular complexity index is 347. The fourth-order valence-electron chi connectivity index (χ4n) is 1.82. The average Bonchev–Trinajstić information content (AvgIpc) is 2.16. The van der Waals surface area contributed by atoms with Gasteiger partial charge in [0.15, 0.2) is 10.1 Å². The van der Waals surface area contributed by atoms with Crippen LogP contribution >= 0.6 is 0 Å². The Kier molecular flexibility index (Phi) is 4.07. The van der Waals surface area contributed by atoms with Gasteiger partial charge in [-0.3, -0.25) is 4.90 Å². The summed E-state index contributed by atoms with van der Waals surface area (Å²) < 4.78 is 60.2. The number of piperazine rings is 3.